The third-order valence-corrected chi connectivity index (χ3v) is 6.62. The molecule has 0 saturated carbocycles. The van der Waals surface area contributed by atoms with E-state index in [1.165, 1.54) is 6.33 Å². The zero-order chi connectivity index (χ0) is 26.6. The van der Waals surface area contributed by atoms with Crippen molar-refractivity contribution in [3.63, 3.8) is 0 Å². The van der Waals surface area contributed by atoms with Crippen LogP contribution in [0.25, 0.3) is 0 Å². The number of rotatable bonds is 6. The number of amides is 1. The van der Waals surface area contributed by atoms with E-state index in [-0.39, 0.29) is 31.3 Å². The first-order valence-electron chi connectivity index (χ1n) is 12.1. The number of ether oxygens (including phenoxy) is 3. The Bertz CT molecular complexity index is 1180. The summed E-state index contributed by atoms with van der Waals surface area (Å²) in [6.07, 6.45) is 4.38. The van der Waals surface area contributed by atoms with Crippen LogP contribution in [0.2, 0.25) is 0 Å². The first-order chi connectivity index (χ1) is 17.5. The van der Waals surface area contributed by atoms with E-state index in [2.05, 4.69) is 15.0 Å². The lowest BCUT2D eigenvalue weighted by molar-refractivity contribution is 0.0122. The van der Waals surface area contributed by atoms with Crippen LogP contribution >= 0.6 is 0 Å². The van der Waals surface area contributed by atoms with Crippen molar-refractivity contribution in [3.8, 4) is 17.5 Å². The Balaban J connectivity index is 1.30. The molecule has 13 heteroatoms. The van der Waals surface area contributed by atoms with Crippen LogP contribution in [-0.4, -0.2) is 72.4 Å². The molecule has 4 rings (SSSR count). The van der Waals surface area contributed by atoms with Crippen LogP contribution in [0.5, 0.6) is 17.5 Å². The Morgan fingerprint density at radius 3 is 2.38 bits per heavy atom. The minimum Gasteiger partial charge on any atom is -0.474 e. The second-order valence-corrected chi connectivity index (χ2v) is 11.3. The normalized spacial score (nSPS) is 18.9. The lowest BCUT2D eigenvalue weighted by atomic mass is 10.1. The highest BCUT2D eigenvalue weighted by Crippen LogP contribution is 2.29. The first-order valence-corrected chi connectivity index (χ1v) is 13.4. The maximum atomic E-state index is 12.3. The summed E-state index contributed by atoms with van der Waals surface area (Å²) in [5.74, 6) is 1.16. The monoisotopic (exact) mass is 536 g/mol. The molecule has 0 aliphatic carbocycles. The van der Waals surface area contributed by atoms with Gasteiger partial charge in [-0.2, -0.15) is 8.42 Å². The van der Waals surface area contributed by atoms with Crippen molar-refractivity contribution in [2.24, 2.45) is 5.92 Å². The Kier molecular flexibility index (Phi) is 8.14. The highest BCUT2D eigenvalue weighted by atomic mass is 32.3. The summed E-state index contributed by atoms with van der Waals surface area (Å²) >= 11 is 0. The van der Waals surface area contributed by atoms with Crippen molar-refractivity contribution >= 4 is 16.5 Å². The third-order valence-electron chi connectivity index (χ3n) is 5.77. The second-order valence-electron chi connectivity index (χ2n) is 10.0. The van der Waals surface area contributed by atoms with Crippen LogP contribution in [0, 0.1) is 12.8 Å². The van der Waals surface area contributed by atoms with E-state index in [1.807, 2.05) is 27.7 Å². The third kappa shape index (κ3) is 7.73. The average molecular weight is 537 g/mol. The summed E-state index contributed by atoms with van der Waals surface area (Å²) < 4.78 is 49.3. The molecule has 37 heavy (non-hydrogen) atoms. The van der Waals surface area contributed by atoms with Crippen molar-refractivity contribution in [1.82, 2.24) is 19.9 Å². The molecule has 2 fully saturated rings. The molecule has 12 nitrogen and oxygen atoms in total. The Labute approximate surface area is 216 Å². The van der Waals surface area contributed by atoms with Gasteiger partial charge in [0.05, 0.1) is 25.0 Å². The molecule has 0 spiro atoms. The van der Waals surface area contributed by atoms with Gasteiger partial charge in [0.25, 0.3) is 0 Å². The Hall–Kier alpha value is -3.03. The summed E-state index contributed by atoms with van der Waals surface area (Å²) in [4.78, 5) is 26.9. The summed E-state index contributed by atoms with van der Waals surface area (Å²) in [6.45, 7) is 8.57. The molecule has 0 radical (unpaired) electrons. The van der Waals surface area contributed by atoms with Crippen molar-refractivity contribution in [2.45, 2.75) is 58.7 Å². The fourth-order valence-electron chi connectivity index (χ4n) is 3.84. The van der Waals surface area contributed by atoms with Crippen LogP contribution in [0.1, 0.15) is 44.9 Å². The molecule has 2 aliphatic heterocycles. The quantitative estimate of drug-likeness (QED) is 0.538. The molecule has 2 aromatic rings. The van der Waals surface area contributed by atoms with Crippen LogP contribution in [-0.2, 0) is 29.9 Å². The van der Waals surface area contributed by atoms with Crippen molar-refractivity contribution in [2.75, 3.05) is 26.3 Å². The number of pyridine rings is 1. The average Bonchev–Trinajstić information content (AvgIpc) is 2.83. The zero-order valence-corrected chi connectivity index (χ0v) is 22.2. The molecular formula is C24H32N4O8S. The van der Waals surface area contributed by atoms with Gasteiger partial charge in [-0.1, -0.05) is 0 Å². The fourth-order valence-corrected chi connectivity index (χ4v) is 4.63. The molecular weight excluding hydrogens is 504 g/mol. The molecule has 0 aromatic carbocycles. The number of carbonyl (C=O) groups is 1. The van der Waals surface area contributed by atoms with E-state index in [0.717, 1.165) is 5.69 Å². The first kappa shape index (κ1) is 27.0. The van der Waals surface area contributed by atoms with Crippen molar-refractivity contribution < 1.29 is 35.8 Å². The number of likely N-dealkylation sites (tertiary alicyclic amines) is 1. The van der Waals surface area contributed by atoms with E-state index in [9.17, 15) is 13.2 Å². The highest BCUT2D eigenvalue weighted by Gasteiger charge is 2.29. The van der Waals surface area contributed by atoms with Gasteiger partial charge in [0.15, 0.2) is 0 Å². The molecule has 202 valence electrons. The molecule has 4 heterocycles. The minimum absolute atomic E-state index is 0.0607. The predicted molar refractivity (Wildman–Crippen MR) is 131 cm³/mol. The second kappa shape index (κ2) is 11.2. The summed E-state index contributed by atoms with van der Waals surface area (Å²) in [7, 11) is -3.86. The van der Waals surface area contributed by atoms with Gasteiger partial charge in [-0.15, -0.1) is 0 Å². The van der Waals surface area contributed by atoms with E-state index in [4.69, 9.17) is 22.6 Å². The van der Waals surface area contributed by atoms with Gasteiger partial charge >= 0.3 is 16.5 Å². The Morgan fingerprint density at radius 2 is 1.76 bits per heavy atom. The summed E-state index contributed by atoms with van der Waals surface area (Å²) in [5.41, 5.74) is 0.878. The predicted octanol–water partition coefficient (Wildman–Crippen LogP) is 3.20. The Morgan fingerprint density at radius 1 is 1.08 bits per heavy atom. The SMILES string of the molecule is Cc1c(Oc2ccc(CC3COS(=O)(=O)OC3)nc2)ncnc1OC1CCN(C(=O)OC(C)(C)C)CC1. The smallest absolute Gasteiger partial charge is 0.410 e. The van der Waals surface area contributed by atoms with Crippen LogP contribution < -0.4 is 9.47 Å². The fraction of sp³-hybridized carbons (Fsp3) is 0.583. The molecule has 2 saturated heterocycles. The lowest BCUT2D eigenvalue weighted by Gasteiger charge is -2.33. The minimum atomic E-state index is -3.86. The van der Waals surface area contributed by atoms with E-state index in [1.54, 1.807) is 23.2 Å². The molecule has 0 N–H and O–H groups in total. The summed E-state index contributed by atoms with van der Waals surface area (Å²) in [5, 5.41) is 0. The molecule has 0 unspecified atom stereocenters. The number of carbonyl (C=O) groups excluding carboxylic acids is 1. The van der Waals surface area contributed by atoms with Gasteiger partial charge < -0.3 is 19.1 Å². The number of piperidine rings is 1. The molecule has 1 amide bonds. The van der Waals surface area contributed by atoms with Gasteiger partial charge in [0.2, 0.25) is 11.8 Å². The largest absolute Gasteiger partial charge is 0.474 e. The van der Waals surface area contributed by atoms with Crippen molar-refractivity contribution in [1.29, 1.82) is 0 Å². The van der Waals surface area contributed by atoms with Gasteiger partial charge in [0.1, 0.15) is 23.8 Å². The number of hydrogen-bond donors (Lipinski definition) is 0. The molecule has 2 aromatic heterocycles. The van der Waals surface area contributed by atoms with Crippen LogP contribution in [0.15, 0.2) is 24.7 Å². The highest BCUT2D eigenvalue weighted by molar-refractivity contribution is 7.81. The topological polar surface area (TPSA) is 139 Å². The van der Waals surface area contributed by atoms with Gasteiger partial charge in [0, 0.05) is 37.5 Å². The van der Waals surface area contributed by atoms with Crippen molar-refractivity contribution in [3.05, 3.63) is 35.9 Å². The maximum absolute atomic E-state index is 12.3. The zero-order valence-electron chi connectivity index (χ0n) is 21.4. The van der Waals surface area contributed by atoms with Gasteiger partial charge in [-0.05, 0) is 46.2 Å². The molecule has 0 bridgehead atoms. The van der Waals surface area contributed by atoms with Gasteiger partial charge in [-0.25, -0.2) is 23.1 Å². The summed E-state index contributed by atoms with van der Waals surface area (Å²) in [6, 6.07) is 3.56. The maximum Gasteiger partial charge on any atom is 0.410 e. The number of aromatic nitrogens is 3. The standard InChI is InChI=1S/C24H32N4O8S/c1-16-21(34-19-7-9-28(10-8-19)23(29)36-24(2,3)4)26-15-27-22(16)35-20-6-5-18(25-12-20)11-17-13-32-37(30,31)33-14-17/h5-6,12,15,17,19H,7-11,13-14H2,1-4H3. The van der Waals surface area contributed by atoms with E-state index in [0.29, 0.717) is 55.4 Å². The number of hydrogen-bond acceptors (Lipinski definition) is 11. The van der Waals surface area contributed by atoms with E-state index >= 15 is 0 Å². The molecule has 2 aliphatic rings. The van der Waals surface area contributed by atoms with Crippen LogP contribution in [0.4, 0.5) is 4.79 Å². The molecule has 0 atom stereocenters. The lowest BCUT2D eigenvalue weighted by Crippen LogP contribution is -2.44. The van der Waals surface area contributed by atoms with Crippen LogP contribution in [0.3, 0.4) is 0 Å². The number of nitrogens with zero attached hydrogens (tertiary/aromatic N) is 4. The van der Waals surface area contributed by atoms with Gasteiger partial charge in [-0.3, -0.25) is 4.98 Å². The van der Waals surface area contributed by atoms with E-state index < -0.39 is 16.0 Å².